The molecule has 0 spiro atoms. The lowest BCUT2D eigenvalue weighted by atomic mass is 10.0. The van der Waals surface area contributed by atoms with Gasteiger partial charge in [0.15, 0.2) is 0 Å². The minimum atomic E-state index is 0.253. The minimum absolute atomic E-state index is 0.253. The van der Waals surface area contributed by atoms with Crippen LogP contribution in [0.1, 0.15) is 24.8 Å². The summed E-state index contributed by atoms with van der Waals surface area (Å²) in [6, 6.07) is 5.77. The summed E-state index contributed by atoms with van der Waals surface area (Å²) in [7, 11) is 0. The van der Waals surface area contributed by atoms with Gasteiger partial charge in [0, 0.05) is 23.8 Å². The number of amides is 2. The zero-order valence-electron chi connectivity index (χ0n) is 10.2. The SMILES string of the molecule is O=CNc1ccc2c(c1)CCCN2C(=O)C1CC1. The van der Waals surface area contributed by atoms with Crippen LogP contribution in [0.2, 0.25) is 0 Å². The van der Waals surface area contributed by atoms with Crippen LogP contribution in [0.4, 0.5) is 11.4 Å². The molecule has 1 heterocycles. The van der Waals surface area contributed by atoms with E-state index in [4.69, 9.17) is 0 Å². The van der Waals surface area contributed by atoms with Gasteiger partial charge in [-0.3, -0.25) is 9.59 Å². The molecule has 0 aromatic heterocycles. The second-order valence-electron chi connectivity index (χ2n) is 4.97. The Kier molecular flexibility index (Phi) is 2.78. The van der Waals surface area contributed by atoms with Crippen molar-refractivity contribution in [1.82, 2.24) is 0 Å². The average molecular weight is 244 g/mol. The third kappa shape index (κ3) is 1.98. The van der Waals surface area contributed by atoms with Crippen LogP contribution in [0, 0.1) is 5.92 Å². The fraction of sp³-hybridized carbons (Fsp3) is 0.429. The van der Waals surface area contributed by atoms with E-state index >= 15 is 0 Å². The second-order valence-corrected chi connectivity index (χ2v) is 4.97. The van der Waals surface area contributed by atoms with Gasteiger partial charge in [-0.25, -0.2) is 0 Å². The highest BCUT2D eigenvalue weighted by Crippen LogP contribution is 2.36. The van der Waals surface area contributed by atoms with E-state index in [1.54, 1.807) is 0 Å². The average Bonchev–Trinajstić information content (AvgIpc) is 3.21. The summed E-state index contributed by atoms with van der Waals surface area (Å²) in [5.74, 6) is 0.524. The summed E-state index contributed by atoms with van der Waals surface area (Å²) in [5, 5.41) is 2.65. The van der Waals surface area contributed by atoms with Gasteiger partial charge in [0.2, 0.25) is 12.3 Å². The van der Waals surface area contributed by atoms with Crippen LogP contribution in [-0.2, 0) is 16.0 Å². The molecule has 0 radical (unpaired) electrons. The van der Waals surface area contributed by atoms with Crippen LogP contribution in [0.5, 0.6) is 0 Å². The van der Waals surface area contributed by atoms with Crippen molar-refractivity contribution >= 4 is 23.7 Å². The monoisotopic (exact) mass is 244 g/mol. The molecule has 4 heteroatoms. The molecule has 0 bridgehead atoms. The standard InChI is InChI=1S/C14H16N2O2/c17-9-15-12-5-6-13-11(8-12)2-1-7-16(13)14(18)10-3-4-10/h5-6,8-10H,1-4,7H2,(H,15,17). The molecule has 1 aromatic rings. The number of aryl methyl sites for hydroxylation is 1. The first-order valence-corrected chi connectivity index (χ1v) is 6.44. The molecular weight excluding hydrogens is 228 g/mol. The van der Waals surface area contributed by atoms with Gasteiger partial charge in [0.25, 0.3) is 0 Å². The van der Waals surface area contributed by atoms with Gasteiger partial charge in [-0.2, -0.15) is 0 Å². The number of hydrogen-bond donors (Lipinski definition) is 1. The molecule has 3 rings (SSSR count). The van der Waals surface area contributed by atoms with Gasteiger partial charge < -0.3 is 10.2 Å². The highest BCUT2D eigenvalue weighted by atomic mass is 16.2. The van der Waals surface area contributed by atoms with Crippen LogP contribution >= 0.6 is 0 Å². The molecule has 1 saturated carbocycles. The van der Waals surface area contributed by atoms with E-state index in [0.717, 1.165) is 49.2 Å². The molecule has 2 aliphatic rings. The van der Waals surface area contributed by atoms with Crippen molar-refractivity contribution in [2.75, 3.05) is 16.8 Å². The number of anilines is 2. The zero-order chi connectivity index (χ0) is 12.5. The van der Waals surface area contributed by atoms with Crippen molar-refractivity contribution in [2.24, 2.45) is 5.92 Å². The van der Waals surface area contributed by atoms with Gasteiger partial charge in [0.05, 0.1) is 0 Å². The number of nitrogens with one attached hydrogen (secondary N) is 1. The Morgan fingerprint density at radius 3 is 2.94 bits per heavy atom. The Bertz CT molecular complexity index is 495. The third-order valence-electron chi connectivity index (χ3n) is 3.62. The number of carbonyl (C=O) groups excluding carboxylic acids is 2. The molecule has 94 valence electrons. The fourth-order valence-electron chi connectivity index (χ4n) is 2.53. The van der Waals surface area contributed by atoms with Crippen LogP contribution < -0.4 is 10.2 Å². The minimum Gasteiger partial charge on any atom is -0.329 e. The van der Waals surface area contributed by atoms with Gasteiger partial charge in [-0.15, -0.1) is 0 Å². The maximum Gasteiger partial charge on any atom is 0.230 e. The molecule has 18 heavy (non-hydrogen) atoms. The normalized spacial score (nSPS) is 18.1. The van der Waals surface area contributed by atoms with Crippen molar-refractivity contribution in [3.05, 3.63) is 23.8 Å². The molecule has 1 aliphatic heterocycles. The van der Waals surface area contributed by atoms with E-state index in [2.05, 4.69) is 5.32 Å². The lowest BCUT2D eigenvalue weighted by molar-refractivity contribution is -0.119. The van der Waals surface area contributed by atoms with Crippen molar-refractivity contribution in [1.29, 1.82) is 0 Å². The first-order chi connectivity index (χ1) is 8.79. The van der Waals surface area contributed by atoms with E-state index in [1.165, 1.54) is 0 Å². The number of nitrogens with zero attached hydrogens (tertiary/aromatic N) is 1. The van der Waals surface area contributed by atoms with Crippen molar-refractivity contribution < 1.29 is 9.59 Å². The summed E-state index contributed by atoms with van der Waals surface area (Å²) in [6.07, 6.45) is 4.72. The predicted molar refractivity (Wildman–Crippen MR) is 69.5 cm³/mol. The van der Waals surface area contributed by atoms with E-state index in [9.17, 15) is 9.59 Å². The number of rotatable bonds is 3. The van der Waals surface area contributed by atoms with Gasteiger partial charge in [0.1, 0.15) is 0 Å². The first-order valence-electron chi connectivity index (χ1n) is 6.44. The Labute approximate surface area is 106 Å². The second kappa shape index (κ2) is 4.44. The van der Waals surface area contributed by atoms with Crippen molar-refractivity contribution in [3.63, 3.8) is 0 Å². The largest absolute Gasteiger partial charge is 0.329 e. The third-order valence-corrected chi connectivity index (χ3v) is 3.62. The smallest absolute Gasteiger partial charge is 0.230 e. The number of hydrogen-bond acceptors (Lipinski definition) is 2. The van der Waals surface area contributed by atoms with Crippen molar-refractivity contribution in [2.45, 2.75) is 25.7 Å². The number of benzene rings is 1. The molecule has 0 atom stereocenters. The molecule has 4 nitrogen and oxygen atoms in total. The Balaban J connectivity index is 1.90. The van der Waals surface area contributed by atoms with Gasteiger partial charge >= 0.3 is 0 Å². The highest BCUT2D eigenvalue weighted by molar-refractivity contribution is 5.97. The molecule has 0 saturated heterocycles. The molecule has 1 fully saturated rings. The van der Waals surface area contributed by atoms with E-state index in [-0.39, 0.29) is 11.8 Å². The zero-order valence-corrected chi connectivity index (χ0v) is 10.2. The highest BCUT2D eigenvalue weighted by Gasteiger charge is 2.35. The molecular formula is C14H16N2O2. The summed E-state index contributed by atoms with van der Waals surface area (Å²) >= 11 is 0. The van der Waals surface area contributed by atoms with E-state index in [0.29, 0.717) is 6.41 Å². The summed E-state index contributed by atoms with van der Waals surface area (Å²) in [5.41, 5.74) is 2.97. The van der Waals surface area contributed by atoms with Gasteiger partial charge in [-0.1, -0.05) is 0 Å². The Morgan fingerprint density at radius 2 is 2.22 bits per heavy atom. The maximum absolute atomic E-state index is 12.2. The fourth-order valence-corrected chi connectivity index (χ4v) is 2.53. The predicted octanol–water partition coefficient (Wildman–Crippen LogP) is 1.94. The van der Waals surface area contributed by atoms with Crippen LogP contribution in [0.25, 0.3) is 0 Å². The van der Waals surface area contributed by atoms with E-state index < -0.39 is 0 Å². The number of carbonyl (C=O) groups is 2. The maximum atomic E-state index is 12.2. The molecule has 0 unspecified atom stereocenters. The van der Waals surface area contributed by atoms with Gasteiger partial charge in [-0.05, 0) is 49.4 Å². The van der Waals surface area contributed by atoms with E-state index in [1.807, 2.05) is 23.1 Å². The molecule has 1 aromatic carbocycles. The summed E-state index contributed by atoms with van der Waals surface area (Å²) in [4.78, 5) is 24.5. The van der Waals surface area contributed by atoms with Crippen LogP contribution in [0.15, 0.2) is 18.2 Å². The van der Waals surface area contributed by atoms with Crippen molar-refractivity contribution in [3.8, 4) is 0 Å². The summed E-state index contributed by atoms with van der Waals surface area (Å²) in [6.45, 7) is 0.822. The topological polar surface area (TPSA) is 49.4 Å². The quantitative estimate of drug-likeness (QED) is 0.826. The Hall–Kier alpha value is -1.84. The van der Waals surface area contributed by atoms with Crippen LogP contribution in [-0.4, -0.2) is 18.9 Å². The lowest BCUT2D eigenvalue weighted by Gasteiger charge is -2.30. The molecule has 2 amide bonds. The lowest BCUT2D eigenvalue weighted by Crippen LogP contribution is -2.36. The summed E-state index contributed by atoms with van der Waals surface area (Å²) < 4.78 is 0. The Morgan fingerprint density at radius 1 is 1.39 bits per heavy atom. The first kappa shape index (κ1) is 11.3. The number of fused-ring (bicyclic) bond motifs is 1. The molecule has 1 aliphatic carbocycles. The van der Waals surface area contributed by atoms with Crippen LogP contribution in [0.3, 0.4) is 0 Å². The molecule has 1 N–H and O–H groups in total.